The number of ether oxygens (including phenoxy) is 1. The van der Waals surface area contributed by atoms with Gasteiger partial charge in [-0.25, -0.2) is 0 Å². The van der Waals surface area contributed by atoms with E-state index in [1.165, 1.54) is 11.8 Å². The van der Waals surface area contributed by atoms with Crippen LogP contribution in [0.1, 0.15) is 6.92 Å². The van der Waals surface area contributed by atoms with Crippen LogP contribution in [-0.2, 0) is 4.79 Å². The van der Waals surface area contributed by atoms with Crippen molar-refractivity contribution in [2.75, 3.05) is 24.7 Å². The Bertz CT molecular complexity index is 1010. The number of nitrogens with one attached hydrogen (secondary N) is 1. The van der Waals surface area contributed by atoms with E-state index in [2.05, 4.69) is 10.3 Å². The monoisotopic (exact) mass is 386 g/mol. The molecule has 4 rings (SSSR count). The molecule has 1 N–H and O–H groups in total. The van der Waals surface area contributed by atoms with Crippen LogP contribution in [0.3, 0.4) is 0 Å². The van der Waals surface area contributed by atoms with E-state index in [0.717, 1.165) is 38.6 Å². The number of aliphatic imine (C=N–C) groups is 1. The summed E-state index contributed by atoms with van der Waals surface area (Å²) in [5.74, 6) is 1.52. The van der Waals surface area contributed by atoms with Gasteiger partial charge in [-0.05, 0) is 19.1 Å². The highest BCUT2D eigenvalue weighted by Gasteiger charge is 2.21. The average Bonchev–Trinajstić information content (AvgIpc) is 3.27. The highest BCUT2D eigenvalue weighted by Crippen LogP contribution is 2.36. The van der Waals surface area contributed by atoms with Crippen molar-refractivity contribution in [1.29, 1.82) is 0 Å². The maximum atomic E-state index is 12.6. The molecule has 1 aliphatic heterocycles. The van der Waals surface area contributed by atoms with E-state index < -0.39 is 0 Å². The molecule has 7 heteroatoms. The minimum atomic E-state index is -0.240. The number of thioether (sulfide) groups is 2. The molecule has 0 fully saturated rings. The number of fused-ring (bicyclic) bond motifs is 3. The normalized spacial score (nSPS) is 15.2. The van der Waals surface area contributed by atoms with Crippen molar-refractivity contribution < 1.29 is 13.9 Å². The van der Waals surface area contributed by atoms with Crippen molar-refractivity contribution in [3.63, 3.8) is 0 Å². The van der Waals surface area contributed by atoms with Crippen LogP contribution >= 0.6 is 23.5 Å². The van der Waals surface area contributed by atoms with Gasteiger partial charge in [0.25, 0.3) is 0 Å². The summed E-state index contributed by atoms with van der Waals surface area (Å²) >= 11 is 3.19. The van der Waals surface area contributed by atoms with E-state index in [4.69, 9.17) is 9.15 Å². The minimum Gasteiger partial charge on any atom is -0.495 e. The number of methoxy groups -OCH3 is 1. The number of hydrogen-bond acceptors (Lipinski definition) is 6. The molecule has 1 aliphatic rings. The predicted molar refractivity (Wildman–Crippen MR) is 111 cm³/mol. The zero-order valence-electron chi connectivity index (χ0n) is 14.4. The number of hydrogen-bond donors (Lipinski definition) is 1. The van der Waals surface area contributed by atoms with Crippen LogP contribution in [-0.4, -0.2) is 34.9 Å². The van der Waals surface area contributed by atoms with Crippen molar-refractivity contribution >= 4 is 61.4 Å². The van der Waals surface area contributed by atoms with Crippen LogP contribution in [0.15, 0.2) is 45.8 Å². The summed E-state index contributed by atoms with van der Waals surface area (Å²) in [5.41, 5.74) is 2.14. The van der Waals surface area contributed by atoms with Crippen LogP contribution in [0.2, 0.25) is 0 Å². The SMILES string of the molecule is COc1cc2c(cc1NC(=O)[C@H](C)SC1=NCCS1)oc1ccccc12. The lowest BCUT2D eigenvalue weighted by molar-refractivity contribution is -0.115. The Morgan fingerprint density at radius 3 is 2.92 bits per heavy atom. The molecule has 134 valence electrons. The standard InChI is InChI=1S/C19H18N2O3S2/c1-11(26-19-20-7-8-25-19)18(22)21-14-10-16-13(9-17(14)23-2)12-5-3-4-6-15(12)24-16/h3-6,9-11H,7-8H2,1-2H3,(H,21,22)/t11-/m0/s1. The summed E-state index contributed by atoms with van der Waals surface area (Å²) in [6.45, 7) is 2.71. The number of para-hydroxylation sites is 1. The van der Waals surface area contributed by atoms with Crippen molar-refractivity contribution in [2.45, 2.75) is 12.2 Å². The first-order valence-electron chi connectivity index (χ1n) is 8.30. The Morgan fingerprint density at radius 1 is 1.31 bits per heavy atom. The number of furan rings is 1. The first-order valence-corrected chi connectivity index (χ1v) is 10.2. The molecule has 0 unspecified atom stereocenters. The fraction of sp³-hybridized carbons (Fsp3) is 0.263. The molecular weight excluding hydrogens is 368 g/mol. The molecular formula is C19H18N2O3S2. The van der Waals surface area contributed by atoms with E-state index >= 15 is 0 Å². The van der Waals surface area contributed by atoms with Crippen LogP contribution in [0.25, 0.3) is 21.9 Å². The van der Waals surface area contributed by atoms with Gasteiger partial charge in [-0.1, -0.05) is 41.7 Å². The molecule has 0 saturated heterocycles. The molecule has 2 aromatic carbocycles. The molecule has 0 radical (unpaired) electrons. The van der Waals surface area contributed by atoms with Gasteiger partial charge >= 0.3 is 0 Å². The fourth-order valence-electron chi connectivity index (χ4n) is 2.84. The number of amides is 1. The summed E-state index contributed by atoms with van der Waals surface area (Å²) in [6, 6.07) is 11.6. The molecule has 5 nitrogen and oxygen atoms in total. The van der Waals surface area contributed by atoms with Gasteiger partial charge in [0.15, 0.2) is 0 Å². The van der Waals surface area contributed by atoms with Crippen LogP contribution in [0.4, 0.5) is 5.69 Å². The molecule has 26 heavy (non-hydrogen) atoms. The van der Waals surface area contributed by atoms with Gasteiger partial charge in [0.05, 0.1) is 24.6 Å². The van der Waals surface area contributed by atoms with Crippen LogP contribution in [0, 0.1) is 0 Å². The first-order chi connectivity index (χ1) is 12.7. The highest BCUT2D eigenvalue weighted by molar-refractivity contribution is 8.39. The number of nitrogens with zero attached hydrogens (tertiary/aromatic N) is 1. The van der Waals surface area contributed by atoms with E-state index in [1.807, 2.05) is 43.3 Å². The molecule has 0 aliphatic carbocycles. The molecule has 2 heterocycles. The Kier molecular flexibility index (Phi) is 4.82. The Labute approximate surface area is 159 Å². The Balaban J connectivity index is 1.62. The topological polar surface area (TPSA) is 63.8 Å². The Hall–Kier alpha value is -2.12. The molecule has 0 saturated carbocycles. The largest absolute Gasteiger partial charge is 0.495 e. The highest BCUT2D eigenvalue weighted by atomic mass is 32.2. The molecule has 3 aromatic rings. The maximum Gasteiger partial charge on any atom is 0.237 e. The van der Waals surface area contributed by atoms with Gasteiger partial charge < -0.3 is 14.5 Å². The Morgan fingerprint density at radius 2 is 2.15 bits per heavy atom. The molecule has 1 aromatic heterocycles. The average molecular weight is 386 g/mol. The molecule has 0 bridgehead atoms. The van der Waals surface area contributed by atoms with Gasteiger partial charge in [-0.15, -0.1) is 0 Å². The summed E-state index contributed by atoms with van der Waals surface area (Å²) in [7, 11) is 1.60. The summed E-state index contributed by atoms with van der Waals surface area (Å²) in [5, 5.41) is 4.72. The van der Waals surface area contributed by atoms with E-state index in [1.54, 1.807) is 18.9 Å². The molecule has 0 spiro atoms. The van der Waals surface area contributed by atoms with Gasteiger partial charge in [0.2, 0.25) is 5.91 Å². The summed E-state index contributed by atoms with van der Waals surface area (Å²) < 4.78 is 12.4. The van der Waals surface area contributed by atoms with Crippen LogP contribution in [0.5, 0.6) is 5.75 Å². The van der Waals surface area contributed by atoms with E-state index in [9.17, 15) is 4.79 Å². The minimum absolute atomic E-state index is 0.0843. The second-order valence-corrected chi connectivity index (χ2v) is 8.56. The second kappa shape index (κ2) is 7.25. The first kappa shape index (κ1) is 17.3. The number of carbonyl (C=O) groups is 1. The lowest BCUT2D eigenvalue weighted by atomic mass is 10.1. The third-order valence-electron chi connectivity index (χ3n) is 4.16. The van der Waals surface area contributed by atoms with E-state index in [-0.39, 0.29) is 11.2 Å². The lowest BCUT2D eigenvalue weighted by Crippen LogP contribution is -2.23. The van der Waals surface area contributed by atoms with Gasteiger partial charge in [-0.3, -0.25) is 9.79 Å². The number of benzene rings is 2. The van der Waals surface area contributed by atoms with Gasteiger partial charge in [-0.2, -0.15) is 0 Å². The second-order valence-electron chi connectivity index (χ2n) is 5.89. The number of carbonyl (C=O) groups excluding carboxylic acids is 1. The summed E-state index contributed by atoms with van der Waals surface area (Å²) in [4.78, 5) is 17.0. The van der Waals surface area contributed by atoms with Crippen molar-refractivity contribution in [2.24, 2.45) is 4.99 Å². The zero-order chi connectivity index (χ0) is 18.1. The number of rotatable bonds is 4. The number of anilines is 1. The zero-order valence-corrected chi connectivity index (χ0v) is 16.1. The van der Waals surface area contributed by atoms with Crippen molar-refractivity contribution in [1.82, 2.24) is 0 Å². The molecule has 1 atom stereocenters. The van der Waals surface area contributed by atoms with E-state index in [0.29, 0.717) is 11.4 Å². The van der Waals surface area contributed by atoms with Gasteiger partial charge in [0, 0.05) is 22.6 Å². The fourth-order valence-corrected chi connectivity index (χ4v) is 4.97. The molecule has 1 amide bonds. The van der Waals surface area contributed by atoms with Crippen molar-refractivity contribution in [3.8, 4) is 5.75 Å². The third kappa shape index (κ3) is 3.29. The van der Waals surface area contributed by atoms with Crippen molar-refractivity contribution in [3.05, 3.63) is 36.4 Å². The summed E-state index contributed by atoms with van der Waals surface area (Å²) in [6.07, 6.45) is 0. The maximum absolute atomic E-state index is 12.6. The lowest BCUT2D eigenvalue weighted by Gasteiger charge is -2.14. The quantitative estimate of drug-likeness (QED) is 0.700. The predicted octanol–water partition coefficient (Wildman–Crippen LogP) is 4.76. The smallest absolute Gasteiger partial charge is 0.237 e. The van der Waals surface area contributed by atoms with Crippen LogP contribution < -0.4 is 10.1 Å². The van der Waals surface area contributed by atoms with Gasteiger partial charge in [0.1, 0.15) is 21.3 Å². The third-order valence-corrected chi connectivity index (χ3v) is 6.46.